The van der Waals surface area contributed by atoms with Crippen molar-refractivity contribution in [2.24, 2.45) is 11.8 Å². The third-order valence-electron chi connectivity index (χ3n) is 5.67. The van der Waals surface area contributed by atoms with Gasteiger partial charge in [0.05, 0.1) is 18.2 Å². The van der Waals surface area contributed by atoms with Gasteiger partial charge in [-0.1, -0.05) is 36.7 Å². The van der Waals surface area contributed by atoms with Crippen LogP contribution in [0.3, 0.4) is 0 Å². The molecule has 3 nitrogen and oxygen atoms in total. The summed E-state index contributed by atoms with van der Waals surface area (Å²) in [6, 6.07) is 7.76. The molecule has 1 heterocycles. The van der Waals surface area contributed by atoms with Crippen molar-refractivity contribution in [1.82, 2.24) is 4.90 Å². The summed E-state index contributed by atoms with van der Waals surface area (Å²) in [7, 11) is 0. The quantitative estimate of drug-likeness (QED) is 0.712. The second kappa shape index (κ2) is 7.92. The zero-order valence-corrected chi connectivity index (χ0v) is 15.7. The number of aliphatic hydroxyl groups excluding tert-OH is 1. The molecule has 1 N–H and O–H groups in total. The highest BCUT2D eigenvalue weighted by molar-refractivity contribution is 6.30. The van der Waals surface area contributed by atoms with Crippen LogP contribution in [0.4, 0.5) is 0 Å². The smallest absolute Gasteiger partial charge is 0.226 e. The topological polar surface area (TPSA) is 40.5 Å². The van der Waals surface area contributed by atoms with E-state index in [1.807, 2.05) is 42.2 Å². The molecule has 25 heavy (non-hydrogen) atoms. The minimum Gasteiger partial charge on any atom is -0.391 e. The number of piperidine rings is 1. The van der Waals surface area contributed by atoms with Crippen molar-refractivity contribution in [3.8, 4) is 0 Å². The zero-order valence-electron chi connectivity index (χ0n) is 14.9. The van der Waals surface area contributed by atoms with Gasteiger partial charge in [-0.3, -0.25) is 4.79 Å². The Bertz CT molecular complexity index is 611. The summed E-state index contributed by atoms with van der Waals surface area (Å²) in [6.07, 6.45) is 6.75. The van der Waals surface area contributed by atoms with Gasteiger partial charge in [0.2, 0.25) is 5.91 Å². The summed E-state index contributed by atoms with van der Waals surface area (Å²) >= 11 is 6.04. The molecule has 2 fully saturated rings. The second-order valence-corrected chi connectivity index (χ2v) is 7.85. The third-order valence-corrected chi connectivity index (χ3v) is 5.92. The van der Waals surface area contributed by atoms with Gasteiger partial charge in [0, 0.05) is 10.9 Å². The largest absolute Gasteiger partial charge is 0.391 e. The van der Waals surface area contributed by atoms with E-state index in [9.17, 15) is 9.90 Å². The van der Waals surface area contributed by atoms with Crippen molar-refractivity contribution in [2.45, 2.75) is 63.6 Å². The van der Waals surface area contributed by atoms with Crippen molar-refractivity contribution in [3.63, 3.8) is 0 Å². The van der Waals surface area contributed by atoms with Gasteiger partial charge in [0.15, 0.2) is 0 Å². The van der Waals surface area contributed by atoms with E-state index in [4.69, 9.17) is 11.6 Å². The van der Waals surface area contributed by atoms with Gasteiger partial charge >= 0.3 is 0 Å². The normalized spacial score (nSPS) is 26.4. The number of hydrogen-bond donors (Lipinski definition) is 1. The van der Waals surface area contributed by atoms with E-state index in [0.29, 0.717) is 23.8 Å². The lowest BCUT2D eigenvalue weighted by Crippen LogP contribution is -2.54. The van der Waals surface area contributed by atoms with Crippen LogP contribution in [0.2, 0.25) is 5.02 Å². The van der Waals surface area contributed by atoms with Crippen LogP contribution in [0.5, 0.6) is 0 Å². The van der Waals surface area contributed by atoms with Crippen molar-refractivity contribution in [3.05, 3.63) is 47.5 Å². The van der Waals surface area contributed by atoms with Gasteiger partial charge in [-0.2, -0.15) is 0 Å². The van der Waals surface area contributed by atoms with Gasteiger partial charge in [0.1, 0.15) is 0 Å². The molecule has 0 radical (unpaired) electrons. The lowest BCUT2D eigenvalue weighted by atomic mass is 9.83. The van der Waals surface area contributed by atoms with E-state index < -0.39 is 6.10 Å². The molecule has 1 saturated heterocycles. The summed E-state index contributed by atoms with van der Waals surface area (Å²) < 4.78 is 0. The summed E-state index contributed by atoms with van der Waals surface area (Å²) in [4.78, 5) is 15.3. The SMILES string of the molecule is C=CC[C@H]1CC[C@@H](c2ccc(Cl)cc2)N(C(C(O)CC)C2CC2)C1=O. The highest BCUT2D eigenvalue weighted by Crippen LogP contribution is 2.45. The molecule has 1 aliphatic heterocycles. The van der Waals surface area contributed by atoms with E-state index in [2.05, 4.69) is 6.58 Å². The first-order valence-corrected chi connectivity index (χ1v) is 9.81. The second-order valence-electron chi connectivity index (χ2n) is 7.42. The van der Waals surface area contributed by atoms with Crippen molar-refractivity contribution < 1.29 is 9.90 Å². The molecule has 3 rings (SSSR count). The standard InChI is InChI=1S/C21H28ClNO2/c1-3-5-16-10-13-18(14-8-11-17(22)12-9-14)23(21(16)25)20(15-6-7-15)19(24)4-2/h3,8-9,11-12,15-16,18-20,24H,1,4-7,10,13H2,2H3/t16-,18-,19?,20?/m0/s1. The number of allylic oxidation sites excluding steroid dienone is 1. The molecule has 0 bridgehead atoms. The molecule has 136 valence electrons. The van der Waals surface area contributed by atoms with Crippen LogP contribution >= 0.6 is 11.6 Å². The Labute approximate surface area is 155 Å². The molecule has 4 heteroatoms. The minimum atomic E-state index is -0.464. The van der Waals surface area contributed by atoms with Gasteiger partial charge in [-0.15, -0.1) is 6.58 Å². The van der Waals surface area contributed by atoms with E-state index >= 15 is 0 Å². The molecule has 1 aromatic rings. The maximum absolute atomic E-state index is 13.3. The number of nitrogens with zero attached hydrogens (tertiary/aromatic N) is 1. The lowest BCUT2D eigenvalue weighted by molar-refractivity contribution is -0.150. The number of amides is 1. The van der Waals surface area contributed by atoms with Crippen LogP contribution in [0.15, 0.2) is 36.9 Å². The highest BCUT2D eigenvalue weighted by atomic mass is 35.5. The Balaban J connectivity index is 1.95. The molecule has 1 aromatic carbocycles. The predicted octanol–water partition coefficient (Wildman–Crippen LogP) is 4.75. The summed E-state index contributed by atoms with van der Waals surface area (Å²) in [5.41, 5.74) is 1.11. The Hall–Kier alpha value is -1.32. The molecule has 0 aromatic heterocycles. The monoisotopic (exact) mass is 361 g/mol. The molecule has 2 unspecified atom stereocenters. The number of hydrogen-bond acceptors (Lipinski definition) is 2. The fraction of sp³-hybridized carbons (Fsp3) is 0.571. The van der Waals surface area contributed by atoms with Gasteiger partial charge in [-0.25, -0.2) is 0 Å². The van der Waals surface area contributed by atoms with Crippen molar-refractivity contribution in [1.29, 1.82) is 0 Å². The van der Waals surface area contributed by atoms with Crippen molar-refractivity contribution >= 4 is 17.5 Å². The molecule has 4 atom stereocenters. The predicted molar refractivity (Wildman–Crippen MR) is 101 cm³/mol. The van der Waals surface area contributed by atoms with Crippen LogP contribution in [0, 0.1) is 11.8 Å². The Morgan fingerprint density at radius 3 is 2.52 bits per heavy atom. The third kappa shape index (κ3) is 3.93. The molecule has 1 amide bonds. The van der Waals surface area contributed by atoms with Crippen LogP contribution in [0.1, 0.15) is 57.1 Å². The van der Waals surface area contributed by atoms with E-state index in [0.717, 1.165) is 31.2 Å². The van der Waals surface area contributed by atoms with Crippen LogP contribution in [-0.4, -0.2) is 28.1 Å². The maximum atomic E-state index is 13.3. The first kappa shape index (κ1) is 18.5. The average Bonchev–Trinajstić information content (AvgIpc) is 3.44. The average molecular weight is 362 g/mol. The maximum Gasteiger partial charge on any atom is 0.226 e. The molecular formula is C21H28ClNO2. The summed E-state index contributed by atoms with van der Waals surface area (Å²) in [5, 5.41) is 11.4. The molecule has 0 spiro atoms. The number of benzene rings is 1. The van der Waals surface area contributed by atoms with Crippen LogP contribution in [-0.2, 0) is 4.79 Å². The van der Waals surface area contributed by atoms with E-state index in [1.165, 1.54) is 0 Å². The van der Waals surface area contributed by atoms with E-state index in [-0.39, 0.29) is 23.9 Å². The van der Waals surface area contributed by atoms with Crippen molar-refractivity contribution in [2.75, 3.05) is 0 Å². The van der Waals surface area contributed by atoms with Crippen LogP contribution in [0.25, 0.3) is 0 Å². The Kier molecular flexibility index (Phi) is 5.85. The number of halogens is 1. The first-order chi connectivity index (χ1) is 12.1. The Morgan fingerprint density at radius 2 is 1.96 bits per heavy atom. The summed E-state index contributed by atoms with van der Waals surface area (Å²) in [5.74, 6) is 0.595. The fourth-order valence-corrected chi connectivity index (χ4v) is 4.30. The number of rotatable bonds is 7. The minimum absolute atomic E-state index is 0.00800. The highest BCUT2D eigenvalue weighted by Gasteiger charge is 2.47. The molecule has 1 saturated carbocycles. The number of likely N-dealkylation sites (tertiary alicyclic amines) is 1. The van der Waals surface area contributed by atoms with Gasteiger partial charge < -0.3 is 10.0 Å². The summed E-state index contributed by atoms with van der Waals surface area (Å²) in [6.45, 7) is 5.80. The lowest BCUT2D eigenvalue weighted by Gasteiger charge is -2.46. The molecule has 1 aliphatic carbocycles. The van der Waals surface area contributed by atoms with Gasteiger partial charge in [-0.05, 0) is 62.1 Å². The number of aliphatic hydroxyl groups is 1. The first-order valence-electron chi connectivity index (χ1n) is 9.43. The number of carbonyl (C=O) groups is 1. The Morgan fingerprint density at radius 1 is 1.28 bits per heavy atom. The van der Waals surface area contributed by atoms with Crippen LogP contribution < -0.4 is 0 Å². The molecule has 2 aliphatic rings. The van der Waals surface area contributed by atoms with Gasteiger partial charge in [0.25, 0.3) is 0 Å². The molecular weight excluding hydrogens is 334 g/mol. The fourth-order valence-electron chi connectivity index (χ4n) is 4.18. The zero-order chi connectivity index (χ0) is 18.0. The van der Waals surface area contributed by atoms with E-state index in [1.54, 1.807) is 0 Å². The number of carbonyl (C=O) groups excluding carboxylic acids is 1.